The molecule has 20 N–H and O–H groups in total. The van der Waals surface area contributed by atoms with Gasteiger partial charge in [-0.1, -0.05) is 0 Å². The molecule has 0 heterocycles. The Morgan fingerprint density at radius 1 is 0.167 bits per heavy atom. The number of hydrogen-bond donors (Lipinski definition) is 0. The van der Waals surface area contributed by atoms with Crippen molar-refractivity contribution in [2.75, 3.05) is 0 Å². The Morgan fingerprint density at radius 3 is 0.167 bits per heavy atom. The van der Waals surface area contributed by atoms with Gasteiger partial charge in [0.05, 0.1) is 0 Å². The van der Waals surface area contributed by atoms with Crippen molar-refractivity contribution in [1.29, 1.82) is 0 Å². The molecule has 0 aromatic heterocycles. The van der Waals surface area contributed by atoms with E-state index >= 15 is 0 Å². The van der Waals surface area contributed by atoms with Crippen molar-refractivity contribution in [3.05, 3.63) is 0 Å². The summed E-state index contributed by atoms with van der Waals surface area (Å²) >= 11 is 0. The quantitative estimate of drug-likeness (QED) is 0.399. The van der Waals surface area contributed by atoms with E-state index in [1.54, 1.807) is 0 Å². The van der Waals surface area contributed by atoms with E-state index in [0.29, 0.717) is 0 Å². The molecule has 0 aliphatic carbocycles. The second-order valence-electron chi connectivity index (χ2n) is 0. The van der Waals surface area contributed by atoms with E-state index in [4.69, 9.17) is 0 Å². The first-order valence-corrected chi connectivity index (χ1v) is 0. The van der Waals surface area contributed by atoms with Crippen molar-refractivity contribution in [3.8, 4) is 0 Å². The van der Waals surface area contributed by atoms with Gasteiger partial charge < -0.3 is 54.8 Å². The van der Waals surface area contributed by atoms with Crippen LogP contribution in [0.2, 0.25) is 0 Å². The SMILES string of the molecule is O.O.O.O.O.O.O.O.O.O.[Cr].[Cr]. The van der Waals surface area contributed by atoms with Crippen molar-refractivity contribution < 1.29 is 89.5 Å². The van der Waals surface area contributed by atoms with Gasteiger partial charge in [-0.15, -0.1) is 0 Å². The smallest absolute Gasteiger partial charge is 0 e. The van der Waals surface area contributed by atoms with Crippen LogP contribution in [0.5, 0.6) is 0 Å². The molecule has 0 fully saturated rings. The molecule has 0 saturated carbocycles. The van der Waals surface area contributed by atoms with Gasteiger partial charge in [0, 0.05) is 34.7 Å². The summed E-state index contributed by atoms with van der Waals surface area (Å²) in [7, 11) is 0. The first kappa shape index (κ1) is 3900. The van der Waals surface area contributed by atoms with Crippen LogP contribution in [0.15, 0.2) is 0 Å². The molecule has 0 bridgehead atoms. The zero-order valence-electron chi connectivity index (χ0n) is 5.82. The largest absolute Gasteiger partial charge is 0.412 e. The first-order chi connectivity index (χ1) is 0. The average molecular weight is 284 g/mol. The molecule has 0 aliphatic rings. The van der Waals surface area contributed by atoms with Gasteiger partial charge in [-0.2, -0.15) is 0 Å². The molecule has 0 unspecified atom stereocenters. The molecule has 0 radical (unpaired) electrons. The maximum absolute atomic E-state index is 0. The van der Waals surface area contributed by atoms with E-state index in [1.807, 2.05) is 0 Å². The standard InChI is InChI=1S/2Cr.10H2O/h;;10*1H2. The molecular formula is H20Cr2O10. The van der Waals surface area contributed by atoms with E-state index in [0.717, 1.165) is 0 Å². The molecule has 12 heavy (non-hydrogen) atoms. The zero-order valence-corrected chi connectivity index (χ0v) is 8.37. The predicted octanol–water partition coefficient (Wildman–Crippen LogP) is -8.25. The summed E-state index contributed by atoms with van der Waals surface area (Å²) in [6, 6.07) is 0. The molecule has 0 atom stereocenters. The minimum atomic E-state index is 0. The van der Waals surface area contributed by atoms with Crippen LogP contribution in [-0.2, 0) is 34.7 Å². The Morgan fingerprint density at radius 2 is 0.167 bits per heavy atom. The Labute approximate surface area is 89.9 Å². The number of rotatable bonds is 0. The van der Waals surface area contributed by atoms with E-state index in [1.165, 1.54) is 0 Å². The van der Waals surface area contributed by atoms with Gasteiger partial charge >= 0.3 is 0 Å². The third-order valence-electron chi connectivity index (χ3n) is 0. The Bertz CT molecular complexity index is 7.80. The topological polar surface area (TPSA) is 315 Å². The monoisotopic (exact) mass is 284 g/mol. The molecule has 12 heteroatoms. The van der Waals surface area contributed by atoms with Gasteiger partial charge in [0.25, 0.3) is 0 Å². The maximum Gasteiger partial charge on any atom is 0 e. The Kier molecular flexibility index (Phi) is 975000. The van der Waals surface area contributed by atoms with E-state index in [-0.39, 0.29) is 89.5 Å². The van der Waals surface area contributed by atoms with Crippen molar-refractivity contribution in [1.82, 2.24) is 0 Å². The van der Waals surface area contributed by atoms with Crippen molar-refractivity contribution in [2.24, 2.45) is 0 Å². The molecule has 10 nitrogen and oxygen atoms in total. The Hall–Kier alpha value is 0.665. The average Bonchev–Trinajstić information content (AvgIpc) is 0. The second-order valence-corrected chi connectivity index (χ2v) is 0. The summed E-state index contributed by atoms with van der Waals surface area (Å²) < 4.78 is 0. The molecule has 0 rings (SSSR count). The van der Waals surface area contributed by atoms with Crippen LogP contribution < -0.4 is 0 Å². The third kappa shape index (κ3) is 2250. The van der Waals surface area contributed by atoms with Crippen LogP contribution in [0.4, 0.5) is 0 Å². The van der Waals surface area contributed by atoms with E-state index in [9.17, 15) is 0 Å². The van der Waals surface area contributed by atoms with Crippen LogP contribution in [0.3, 0.4) is 0 Å². The van der Waals surface area contributed by atoms with Crippen LogP contribution in [0, 0.1) is 0 Å². The molecule has 0 aliphatic heterocycles. The molecule has 92 valence electrons. The first-order valence-electron chi connectivity index (χ1n) is 0. The molecule has 0 amide bonds. The van der Waals surface area contributed by atoms with Crippen LogP contribution in [0.25, 0.3) is 0 Å². The molecule has 0 aromatic rings. The number of hydrogen-bond acceptors (Lipinski definition) is 0. The summed E-state index contributed by atoms with van der Waals surface area (Å²) in [6.45, 7) is 0. The van der Waals surface area contributed by atoms with Gasteiger partial charge in [-0.25, -0.2) is 0 Å². The molecular weight excluding hydrogens is 264 g/mol. The van der Waals surface area contributed by atoms with Crippen molar-refractivity contribution in [3.63, 3.8) is 0 Å². The summed E-state index contributed by atoms with van der Waals surface area (Å²) in [4.78, 5) is 0. The predicted molar refractivity (Wildman–Crippen MR) is 36.1 cm³/mol. The van der Waals surface area contributed by atoms with E-state index in [2.05, 4.69) is 0 Å². The van der Waals surface area contributed by atoms with E-state index < -0.39 is 0 Å². The molecule has 0 saturated heterocycles. The van der Waals surface area contributed by atoms with Gasteiger partial charge in [0.2, 0.25) is 0 Å². The fourth-order valence-corrected chi connectivity index (χ4v) is 0. The normalized spacial score (nSPS) is 0. The molecule has 0 spiro atoms. The second kappa shape index (κ2) is 3000. The van der Waals surface area contributed by atoms with Crippen molar-refractivity contribution >= 4 is 0 Å². The van der Waals surface area contributed by atoms with Crippen LogP contribution in [0.1, 0.15) is 0 Å². The summed E-state index contributed by atoms with van der Waals surface area (Å²) in [5.41, 5.74) is 0. The van der Waals surface area contributed by atoms with Crippen LogP contribution >= 0.6 is 0 Å². The van der Waals surface area contributed by atoms with Crippen LogP contribution in [-0.4, -0.2) is 54.8 Å². The van der Waals surface area contributed by atoms with Crippen molar-refractivity contribution in [2.45, 2.75) is 0 Å². The van der Waals surface area contributed by atoms with Gasteiger partial charge in [-0.05, 0) is 0 Å². The third-order valence-corrected chi connectivity index (χ3v) is 0. The fourth-order valence-electron chi connectivity index (χ4n) is 0. The maximum atomic E-state index is 0. The zero-order chi connectivity index (χ0) is 0. The fraction of sp³-hybridized carbons (Fsp3) is 0. The minimum absolute atomic E-state index is 0. The molecule has 0 aromatic carbocycles. The summed E-state index contributed by atoms with van der Waals surface area (Å²) in [5.74, 6) is 0. The van der Waals surface area contributed by atoms with Gasteiger partial charge in [-0.3, -0.25) is 0 Å². The Balaban J connectivity index is 0. The minimum Gasteiger partial charge on any atom is -0.412 e. The van der Waals surface area contributed by atoms with Gasteiger partial charge in [0.1, 0.15) is 0 Å². The summed E-state index contributed by atoms with van der Waals surface area (Å²) in [6.07, 6.45) is 0. The summed E-state index contributed by atoms with van der Waals surface area (Å²) in [5, 5.41) is 0. The van der Waals surface area contributed by atoms with Gasteiger partial charge in [0.15, 0.2) is 0 Å².